The van der Waals surface area contributed by atoms with Crippen molar-refractivity contribution in [2.45, 2.75) is 128 Å². The van der Waals surface area contributed by atoms with Crippen LogP contribution in [-0.2, 0) is 0 Å². The van der Waals surface area contributed by atoms with Crippen molar-refractivity contribution < 1.29 is 10.2 Å². The third kappa shape index (κ3) is 28.6. The monoisotopic (exact) mass is 462 g/mol. The molecule has 0 spiro atoms. The largest absolute Gasteiger partial charge is 0.396 e. The van der Waals surface area contributed by atoms with E-state index in [4.69, 9.17) is 10.2 Å². The summed E-state index contributed by atoms with van der Waals surface area (Å²) in [4.78, 5) is 0. The second-order valence-corrected chi connectivity index (χ2v) is 11.2. The minimum atomic E-state index is 0.366. The number of thioether (sulfide) groups is 2. The molecule has 0 aliphatic carbocycles. The van der Waals surface area contributed by atoms with Gasteiger partial charge in [0.25, 0.3) is 0 Å². The molecule has 0 aliphatic rings. The van der Waals surface area contributed by atoms with Gasteiger partial charge in [0.15, 0.2) is 0 Å². The van der Waals surface area contributed by atoms with Crippen molar-refractivity contribution in [2.75, 3.05) is 36.2 Å². The summed E-state index contributed by atoms with van der Waals surface area (Å²) in [5.74, 6) is 5.41. The molecule has 30 heavy (non-hydrogen) atoms. The van der Waals surface area contributed by atoms with Crippen molar-refractivity contribution in [2.24, 2.45) is 0 Å². The molecule has 0 aromatic carbocycles. The maximum Gasteiger partial charge on any atom is 0.0431 e. The summed E-state index contributed by atoms with van der Waals surface area (Å²) in [5.41, 5.74) is 0. The first-order valence-corrected chi connectivity index (χ1v) is 15.6. The van der Waals surface area contributed by atoms with Crippen LogP contribution in [0.4, 0.5) is 0 Å². The van der Waals surface area contributed by atoms with E-state index in [2.05, 4.69) is 23.5 Å². The van der Waals surface area contributed by atoms with E-state index >= 15 is 0 Å². The summed E-state index contributed by atoms with van der Waals surface area (Å²) < 4.78 is 0. The molecule has 2 N–H and O–H groups in total. The lowest BCUT2D eigenvalue weighted by molar-refractivity contribution is 0.282. The molecule has 0 radical (unpaired) electrons. The SMILES string of the molecule is OCCCCCCCCCCCCSCCSCCCCCCCCCCCCO. The Hall–Kier alpha value is 0.620. The van der Waals surface area contributed by atoms with Crippen molar-refractivity contribution in [1.29, 1.82) is 0 Å². The second-order valence-electron chi connectivity index (χ2n) is 8.74. The summed E-state index contributed by atoms with van der Waals surface area (Å²) in [7, 11) is 0. The number of hydrogen-bond acceptors (Lipinski definition) is 4. The van der Waals surface area contributed by atoms with Crippen molar-refractivity contribution >= 4 is 23.5 Å². The standard InChI is InChI=1S/C26H54O2S2/c27-21-17-13-9-5-1-3-7-11-15-19-23-29-25-26-30-24-20-16-12-8-4-2-6-10-14-18-22-28/h27-28H,1-26H2. The zero-order valence-electron chi connectivity index (χ0n) is 20.1. The highest BCUT2D eigenvalue weighted by Gasteiger charge is 1.96. The summed E-state index contributed by atoms with van der Waals surface area (Å²) in [5, 5.41) is 17.5. The Kier molecular flexibility index (Phi) is 30.2. The predicted octanol–water partition coefficient (Wildman–Crippen LogP) is 8.24. The van der Waals surface area contributed by atoms with Gasteiger partial charge in [0.1, 0.15) is 0 Å². The van der Waals surface area contributed by atoms with E-state index in [1.165, 1.54) is 139 Å². The molecule has 0 bridgehead atoms. The number of rotatable bonds is 27. The number of aliphatic hydroxyl groups excluding tert-OH is 2. The Balaban J connectivity index is 2.97. The highest BCUT2D eigenvalue weighted by molar-refractivity contribution is 8.02. The summed E-state index contributed by atoms with van der Waals surface area (Å²) in [6, 6.07) is 0. The quantitative estimate of drug-likeness (QED) is 0.121. The van der Waals surface area contributed by atoms with Crippen LogP contribution in [0.25, 0.3) is 0 Å². The van der Waals surface area contributed by atoms with Gasteiger partial charge in [0.2, 0.25) is 0 Å². The first kappa shape index (κ1) is 30.6. The van der Waals surface area contributed by atoms with Gasteiger partial charge in [-0.05, 0) is 37.2 Å². The molecule has 182 valence electrons. The molecule has 0 rings (SSSR count). The van der Waals surface area contributed by atoms with E-state index in [0.29, 0.717) is 13.2 Å². The molecular formula is C26H54O2S2. The summed E-state index contributed by atoms with van der Waals surface area (Å²) in [6.45, 7) is 0.733. The Bertz CT molecular complexity index is 262. The Labute approximate surface area is 198 Å². The topological polar surface area (TPSA) is 40.5 Å². The van der Waals surface area contributed by atoms with E-state index in [-0.39, 0.29) is 0 Å². The summed E-state index contributed by atoms with van der Waals surface area (Å²) >= 11 is 4.32. The average Bonchev–Trinajstić information content (AvgIpc) is 2.76. The zero-order valence-corrected chi connectivity index (χ0v) is 21.7. The van der Waals surface area contributed by atoms with Crippen LogP contribution >= 0.6 is 23.5 Å². The molecule has 0 heterocycles. The molecule has 0 unspecified atom stereocenters. The summed E-state index contributed by atoms with van der Waals surface area (Å²) in [6.07, 6.45) is 26.7. The van der Waals surface area contributed by atoms with Gasteiger partial charge >= 0.3 is 0 Å². The smallest absolute Gasteiger partial charge is 0.0431 e. The van der Waals surface area contributed by atoms with Gasteiger partial charge in [-0.15, -0.1) is 0 Å². The zero-order chi connectivity index (χ0) is 21.8. The van der Waals surface area contributed by atoms with Gasteiger partial charge in [-0.2, -0.15) is 23.5 Å². The second kappa shape index (κ2) is 29.6. The van der Waals surface area contributed by atoms with Crippen LogP contribution in [0.2, 0.25) is 0 Å². The maximum absolute atomic E-state index is 8.75. The third-order valence-corrected chi connectivity index (χ3v) is 8.16. The fraction of sp³-hybridized carbons (Fsp3) is 1.00. The molecule has 0 atom stereocenters. The van der Waals surface area contributed by atoms with Crippen LogP contribution in [0.15, 0.2) is 0 Å². The van der Waals surface area contributed by atoms with Gasteiger partial charge in [0, 0.05) is 24.7 Å². The molecule has 4 heteroatoms. The van der Waals surface area contributed by atoms with E-state index in [0.717, 1.165) is 12.8 Å². The van der Waals surface area contributed by atoms with Crippen LogP contribution < -0.4 is 0 Å². The fourth-order valence-electron chi connectivity index (χ4n) is 3.78. The minimum absolute atomic E-state index is 0.366. The van der Waals surface area contributed by atoms with Crippen molar-refractivity contribution in [3.05, 3.63) is 0 Å². The third-order valence-electron chi connectivity index (χ3n) is 5.77. The molecule has 0 aromatic heterocycles. The molecule has 0 saturated carbocycles. The Morgan fingerprint density at radius 2 is 0.500 bits per heavy atom. The van der Waals surface area contributed by atoms with E-state index in [1.807, 2.05) is 0 Å². The predicted molar refractivity (Wildman–Crippen MR) is 141 cm³/mol. The Morgan fingerprint density at radius 1 is 0.267 bits per heavy atom. The molecular weight excluding hydrogens is 408 g/mol. The number of unbranched alkanes of at least 4 members (excludes halogenated alkanes) is 18. The average molecular weight is 463 g/mol. The van der Waals surface area contributed by atoms with Gasteiger partial charge in [-0.25, -0.2) is 0 Å². The normalized spacial score (nSPS) is 11.4. The fourth-order valence-corrected chi connectivity index (χ4v) is 5.95. The maximum atomic E-state index is 8.75. The van der Waals surface area contributed by atoms with Crippen molar-refractivity contribution in [1.82, 2.24) is 0 Å². The van der Waals surface area contributed by atoms with Crippen LogP contribution in [0.5, 0.6) is 0 Å². The minimum Gasteiger partial charge on any atom is -0.396 e. The molecule has 0 aromatic rings. The highest BCUT2D eigenvalue weighted by Crippen LogP contribution is 2.15. The van der Waals surface area contributed by atoms with Crippen molar-refractivity contribution in [3.8, 4) is 0 Å². The lowest BCUT2D eigenvalue weighted by atomic mass is 10.1. The lowest BCUT2D eigenvalue weighted by Crippen LogP contribution is -1.90. The van der Waals surface area contributed by atoms with Crippen LogP contribution in [-0.4, -0.2) is 46.4 Å². The molecule has 0 fully saturated rings. The van der Waals surface area contributed by atoms with E-state index in [9.17, 15) is 0 Å². The molecule has 0 saturated heterocycles. The van der Waals surface area contributed by atoms with Crippen LogP contribution in [0.1, 0.15) is 128 Å². The molecule has 0 aliphatic heterocycles. The first-order valence-electron chi connectivity index (χ1n) is 13.3. The van der Waals surface area contributed by atoms with E-state index in [1.54, 1.807) is 0 Å². The van der Waals surface area contributed by atoms with Gasteiger partial charge < -0.3 is 10.2 Å². The molecule has 2 nitrogen and oxygen atoms in total. The Morgan fingerprint density at radius 3 is 0.767 bits per heavy atom. The first-order chi connectivity index (χ1) is 14.9. The number of hydrogen-bond donors (Lipinski definition) is 2. The van der Waals surface area contributed by atoms with Crippen LogP contribution in [0.3, 0.4) is 0 Å². The molecule has 0 amide bonds. The van der Waals surface area contributed by atoms with Gasteiger partial charge in [0.05, 0.1) is 0 Å². The lowest BCUT2D eigenvalue weighted by Gasteiger charge is -2.04. The number of aliphatic hydroxyl groups is 2. The van der Waals surface area contributed by atoms with Gasteiger partial charge in [-0.3, -0.25) is 0 Å². The van der Waals surface area contributed by atoms with Gasteiger partial charge in [-0.1, -0.05) is 103 Å². The van der Waals surface area contributed by atoms with E-state index < -0.39 is 0 Å². The highest BCUT2D eigenvalue weighted by atomic mass is 32.2. The van der Waals surface area contributed by atoms with Crippen LogP contribution in [0, 0.1) is 0 Å². The van der Waals surface area contributed by atoms with Crippen molar-refractivity contribution in [3.63, 3.8) is 0 Å².